The Morgan fingerprint density at radius 1 is 0.759 bits per heavy atom. The summed E-state index contributed by atoms with van der Waals surface area (Å²) in [5, 5.41) is 0.0760. The second kappa shape index (κ2) is 16.2. The SMILES string of the molecule is CC/C=C\C/C=C\C/C=C\C/C=C\C/C=C\CCCC(=O)O[Si](C)(C)C(C)(C)C. The maximum absolute atomic E-state index is 12.0. The Hall–Kier alpha value is -1.61. The quantitative estimate of drug-likeness (QED) is 0.161. The molecule has 0 rings (SSSR count). The van der Waals surface area contributed by atoms with Crippen LogP contribution in [0, 0.1) is 0 Å². The van der Waals surface area contributed by atoms with E-state index in [1.807, 2.05) is 0 Å². The van der Waals surface area contributed by atoms with Crippen LogP contribution in [0.4, 0.5) is 0 Å². The zero-order chi connectivity index (χ0) is 22.0. The fourth-order valence-corrected chi connectivity index (χ4v) is 3.20. The van der Waals surface area contributed by atoms with Crippen molar-refractivity contribution in [1.29, 1.82) is 0 Å². The number of carbonyl (C=O) groups is 1. The van der Waals surface area contributed by atoms with E-state index in [4.69, 9.17) is 4.43 Å². The molecule has 0 spiro atoms. The predicted molar refractivity (Wildman–Crippen MR) is 132 cm³/mol. The van der Waals surface area contributed by atoms with Crippen LogP contribution in [0.2, 0.25) is 18.1 Å². The van der Waals surface area contributed by atoms with Crippen LogP contribution in [0.5, 0.6) is 0 Å². The highest BCUT2D eigenvalue weighted by Gasteiger charge is 2.40. The van der Waals surface area contributed by atoms with Gasteiger partial charge in [0.1, 0.15) is 0 Å². The van der Waals surface area contributed by atoms with Gasteiger partial charge in [-0.05, 0) is 63.1 Å². The van der Waals surface area contributed by atoms with Gasteiger partial charge in [-0.15, -0.1) is 0 Å². The van der Waals surface area contributed by atoms with Crippen molar-refractivity contribution in [3.8, 4) is 0 Å². The first-order valence-corrected chi connectivity index (χ1v) is 14.1. The maximum Gasteiger partial charge on any atom is 0.292 e. The van der Waals surface area contributed by atoms with E-state index in [1.165, 1.54) is 0 Å². The fourth-order valence-electron chi connectivity index (χ4n) is 2.22. The van der Waals surface area contributed by atoms with Gasteiger partial charge in [-0.3, -0.25) is 4.79 Å². The lowest BCUT2D eigenvalue weighted by Gasteiger charge is -2.35. The number of unbranched alkanes of at least 4 members (excludes halogenated alkanes) is 1. The van der Waals surface area contributed by atoms with E-state index in [-0.39, 0.29) is 11.0 Å². The van der Waals surface area contributed by atoms with Crippen molar-refractivity contribution in [2.75, 3.05) is 0 Å². The molecule has 0 aliphatic rings. The average Bonchev–Trinajstić information content (AvgIpc) is 2.63. The van der Waals surface area contributed by atoms with E-state index in [0.29, 0.717) is 6.42 Å². The van der Waals surface area contributed by atoms with Crippen molar-refractivity contribution in [3.63, 3.8) is 0 Å². The maximum atomic E-state index is 12.0. The highest BCUT2D eigenvalue weighted by Crippen LogP contribution is 2.36. The van der Waals surface area contributed by atoms with Gasteiger partial charge in [0.2, 0.25) is 0 Å². The summed E-state index contributed by atoms with van der Waals surface area (Å²) in [7, 11) is -1.97. The van der Waals surface area contributed by atoms with Crippen LogP contribution in [0.1, 0.15) is 79.1 Å². The van der Waals surface area contributed by atoms with E-state index in [0.717, 1.165) is 44.9 Å². The minimum atomic E-state index is -1.97. The summed E-state index contributed by atoms with van der Waals surface area (Å²) in [6.07, 6.45) is 29.4. The predicted octanol–water partition coefficient (Wildman–Crippen LogP) is 8.46. The minimum absolute atomic E-state index is 0.0380. The van der Waals surface area contributed by atoms with Gasteiger partial charge >= 0.3 is 0 Å². The van der Waals surface area contributed by atoms with Gasteiger partial charge in [0.15, 0.2) is 0 Å². The van der Waals surface area contributed by atoms with Crippen molar-refractivity contribution in [2.24, 2.45) is 0 Å². The van der Waals surface area contributed by atoms with E-state index >= 15 is 0 Å². The number of rotatable bonds is 14. The Labute approximate surface area is 181 Å². The summed E-state index contributed by atoms with van der Waals surface area (Å²) in [6.45, 7) is 12.9. The second-order valence-electron chi connectivity index (χ2n) is 8.83. The molecule has 0 N–H and O–H groups in total. The standard InChI is InChI=1S/C26H44O2Si/c1-7-8-9-10-11-12-13-14-15-16-17-18-19-20-21-22-23-24-25(27)28-29(5,6)26(2,3)4/h8-9,11-12,14-15,17-18,20-21H,7,10,13,16,19,22-24H2,1-6H3/b9-8-,12-11-,15-14-,18-17-,21-20-. The van der Waals surface area contributed by atoms with Gasteiger partial charge < -0.3 is 4.43 Å². The molecule has 3 heteroatoms. The number of hydrogen-bond donors (Lipinski definition) is 0. The summed E-state index contributed by atoms with van der Waals surface area (Å²) < 4.78 is 5.78. The van der Waals surface area contributed by atoms with Crippen LogP contribution in [0.25, 0.3) is 0 Å². The number of carbonyl (C=O) groups excluding carboxylic acids is 1. The number of allylic oxidation sites excluding steroid dienone is 10. The largest absolute Gasteiger partial charge is 0.519 e. The van der Waals surface area contributed by atoms with Crippen molar-refractivity contribution in [2.45, 2.75) is 97.2 Å². The zero-order valence-electron chi connectivity index (χ0n) is 19.7. The third-order valence-electron chi connectivity index (χ3n) is 5.08. The van der Waals surface area contributed by atoms with Crippen LogP contribution in [-0.4, -0.2) is 14.3 Å². The Bertz CT molecular complexity index is 572. The molecule has 0 atom stereocenters. The third-order valence-corrected chi connectivity index (χ3v) is 9.43. The Morgan fingerprint density at radius 2 is 1.17 bits per heavy atom. The third kappa shape index (κ3) is 15.9. The second-order valence-corrected chi connectivity index (χ2v) is 13.6. The molecule has 0 bridgehead atoms. The van der Waals surface area contributed by atoms with Crippen LogP contribution < -0.4 is 0 Å². The first kappa shape index (κ1) is 27.4. The van der Waals surface area contributed by atoms with Gasteiger partial charge in [-0.2, -0.15) is 0 Å². The van der Waals surface area contributed by atoms with Crippen LogP contribution in [0.3, 0.4) is 0 Å². The molecule has 0 aliphatic heterocycles. The van der Waals surface area contributed by atoms with E-state index in [9.17, 15) is 4.79 Å². The van der Waals surface area contributed by atoms with Gasteiger partial charge in [-0.1, -0.05) is 88.5 Å². The van der Waals surface area contributed by atoms with Crippen molar-refractivity contribution in [1.82, 2.24) is 0 Å². The molecule has 0 saturated carbocycles. The van der Waals surface area contributed by atoms with Crippen LogP contribution in [0.15, 0.2) is 60.8 Å². The lowest BCUT2D eigenvalue weighted by atomic mass is 10.2. The molecule has 0 aliphatic carbocycles. The monoisotopic (exact) mass is 416 g/mol. The molecule has 0 aromatic carbocycles. The molecule has 0 radical (unpaired) electrons. The summed E-state index contributed by atoms with van der Waals surface area (Å²) >= 11 is 0. The molecule has 0 saturated heterocycles. The Balaban J connectivity index is 3.75. The fraction of sp³-hybridized carbons (Fsp3) is 0.577. The summed E-state index contributed by atoms with van der Waals surface area (Å²) in [5.74, 6) is -0.0380. The number of hydrogen-bond acceptors (Lipinski definition) is 2. The van der Waals surface area contributed by atoms with Gasteiger partial charge in [0, 0.05) is 6.42 Å². The highest BCUT2D eigenvalue weighted by atomic mass is 28.4. The van der Waals surface area contributed by atoms with E-state index in [1.54, 1.807) is 0 Å². The molecule has 0 aromatic rings. The molecule has 0 amide bonds. The minimum Gasteiger partial charge on any atom is -0.519 e. The lowest BCUT2D eigenvalue weighted by Crippen LogP contribution is -2.42. The van der Waals surface area contributed by atoms with Crippen molar-refractivity contribution in [3.05, 3.63) is 60.8 Å². The molecule has 0 unspecified atom stereocenters. The molecule has 29 heavy (non-hydrogen) atoms. The first-order valence-electron chi connectivity index (χ1n) is 11.2. The van der Waals surface area contributed by atoms with Crippen LogP contribution in [-0.2, 0) is 9.22 Å². The summed E-state index contributed by atoms with van der Waals surface area (Å²) in [6, 6.07) is 0. The van der Waals surface area contributed by atoms with Gasteiger partial charge in [0.25, 0.3) is 14.3 Å². The molecule has 0 heterocycles. The van der Waals surface area contributed by atoms with Crippen molar-refractivity contribution < 1.29 is 9.22 Å². The zero-order valence-corrected chi connectivity index (χ0v) is 20.7. The molecule has 0 fully saturated rings. The van der Waals surface area contributed by atoms with Crippen molar-refractivity contribution >= 4 is 14.3 Å². The summed E-state index contributed by atoms with van der Waals surface area (Å²) in [4.78, 5) is 12.0. The molecule has 0 aromatic heterocycles. The highest BCUT2D eigenvalue weighted by molar-refractivity contribution is 6.75. The molecular weight excluding hydrogens is 372 g/mol. The normalized spacial score (nSPS) is 13.7. The molecule has 2 nitrogen and oxygen atoms in total. The van der Waals surface area contributed by atoms with Gasteiger partial charge in [-0.25, -0.2) is 0 Å². The van der Waals surface area contributed by atoms with Crippen LogP contribution >= 0.6 is 0 Å². The van der Waals surface area contributed by atoms with Gasteiger partial charge in [0.05, 0.1) is 0 Å². The van der Waals surface area contributed by atoms with E-state index < -0.39 is 8.32 Å². The Morgan fingerprint density at radius 3 is 1.59 bits per heavy atom. The Kier molecular flexibility index (Phi) is 15.3. The molecular formula is C26H44O2Si. The van der Waals surface area contributed by atoms with E-state index in [2.05, 4.69) is 102 Å². The summed E-state index contributed by atoms with van der Waals surface area (Å²) in [5.41, 5.74) is 0. The molecule has 164 valence electrons. The topological polar surface area (TPSA) is 26.3 Å². The average molecular weight is 417 g/mol. The first-order chi connectivity index (χ1) is 13.7. The smallest absolute Gasteiger partial charge is 0.292 e. The lowest BCUT2D eigenvalue weighted by molar-refractivity contribution is -0.135.